The zero-order valence-corrected chi connectivity index (χ0v) is 14.2. The van der Waals surface area contributed by atoms with Crippen molar-refractivity contribution in [1.29, 1.82) is 0 Å². The van der Waals surface area contributed by atoms with Gasteiger partial charge >= 0.3 is 0 Å². The third-order valence-corrected chi connectivity index (χ3v) is 4.90. The molecule has 1 heterocycles. The maximum atomic E-state index is 12.1. The number of hydrogen-bond acceptors (Lipinski definition) is 4. The van der Waals surface area contributed by atoms with E-state index in [0.717, 1.165) is 25.2 Å². The topological polar surface area (TPSA) is 58.6 Å². The predicted octanol–water partition coefficient (Wildman–Crippen LogP) is 1.46. The van der Waals surface area contributed by atoms with Gasteiger partial charge in [0.2, 0.25) is 10.0 Å². The molecule has 0 bridgehead atoms. The van der Waals surface area contributed by atoms with Crippen molar-refractivity contribution in [3.63, 3.8) is 0 Å². The Bertz CT molecular complexity index is 546. The molecule has 0 spiro atoms. The van der Waals surface area contributed by atoms with E-state index in [0.29, 0.717) is 19.1 Å². The minimum absolute atomic E-state index is 0.0102. The average Bonchev–Trinajstić information content (AvgIpc) is 2.46. The molecule has 1 aliphatic rings. The molecule has 124 valence electrons. The van der Waals surface area contributed by atoms with Gasteiger partial charge in [-0.3, -0.25) is 4.90 Å². The lowest BCUT2D eigenvalue weighted by Crippen LogP contribution is -2.48. The number of ether oxygens (including phenoxy) is 1. The van der Waals surface area contributed by atoms with Gasteiger partial charge in [-0.05, 0) is 11.5 Å². The number of hydrogen-bond donors (Lipinski definition) is 1. The summed E-state index contributed by atoms with van der Waals surface area (Å²) >= 11 is 0. The molecule has 0 saturated carbocycles. The lowest BCUT2D eigenvalue weighted by molar-refractivity contribution is -0.0280. The second-order valence-corrected chi connectivity index (χ2v) is 8.05. The van der Waals surface area contributed by atoms with E-state index in [4.69, 9.17) is 4.74 Å². The fourth-order valence-corrected chi connectivity index (χ4v) is 3.82. The Labute approximate surface area is 133 Å². The maximum absolute atomic E-state index is 12.1. The molecule has 6 heteroatoms. The van der Waals surface area contributed by atoms with Crippen molar-refractivity contribution in [2.45, 2.75) is 25.7 Å². The summed E-state index contributed by atoms with van der Waals surface area (Å²) < 4.78 is 32.6. The average molecular weight is 326 g/mol. The van der Waals surface area contributed by atoms with Crippen LogP contribution in [0.4, 0.5) is 0 Å². The highest BCUT2D eigenvalue weighted by Crippen LogP contribution is 2.09. The zero-order chi connectivity index (χ0) is 16.0. The van der Waals surface area contributed by atoms with Crippen molar-refractivity contribution in [2.24, 2.45) is 5.92 Å². The van der Waals surface area contributed by atoms with E-state index >= 15 is 0 Å². The van der Waals surface area contributed by atoms with Crippen LogP contribution >= 0.6 is 0 Å². The van der Waals surface area contributed by atoms with Crippen molar-refractivity contribution in [3.8, 4) is 0 Å². The zero-order valence-electron chi connectivity index (χ0n) is 13.4. The Morgan fingerprint density at radius 2 is 2.05 bits per heavy atom. The van der Waals surface area contributed by atoms with Crippen LogP contribution in [0.15, 0.2) is 30.3 Å². The Morgan fingerprint density at radius 3 is 2.73 bits per heavy atom. The molecule has 1 fully saturated rings. The van der Waals surface area contributed by atoms with E-state index in [9.17, 15) is 8.42 Å². The number of rotatable bonds is 7. The third-order valence-electron chi connectivity index (χ3n) is 3.58. The normalized spacial score (nSPS) is 20.4. The van der Waals surface area contributed by atoms with Crippen LogP contribution in [-0.2, 0) is 20.5 Å². The van der Waals surface area contributed by atoms with Crippen molar-refractivity contribution in [2.75, 3.05) is 32.8 Å². The molecule has 1 aromatic carbocycles. The summed E-state index contributed by atoms with van der Waals surface area (Å²) in [6, 6.07) is 9.21. The maximum Gasteiger partial charge on any atom is 0.215 e. The summed E-state index contributed by atoms with van der Waals surface area (Å²) in [4.78, 5) is 2.34. The van der Waals surface area contributed by atoms with E-state index in [-0.39, 0.29) is 11.9 Å². The van der Waals surface area contributed by atoms with Gasteiger partial charge in [-0.25, -0.2) is 13.1 Å². The second-order valence-electron chi connectivity index (χ2n) is 6.24. The van der Waals surface area contributed by atoms with E-state index in [1.165, 1.54) is 0 Å². The summed E-state index contributed by atoms with van der Waals surface area (Å²) in [7, 11) is -3.32. The largest absolute Gasteiger partial charge is 0.374 e. The minimum atomic E-state index is -3.32. The smallest absolute Gasteiger partial charge is 0.215 e. The fourth-order valence-electron chi connectivity index (χ4n) is 2.65. The van der Waals surface area contributed by atoms with Crippen LogP contribution in [-0.4, -0.2) is 52.2 Å². The van der Waals surface area contributed by atoms with Crippen LogP contribution in [0.25, 0.3) is 0 Å². The molecule has 1 saturated heterocycles. The number of nitrogens with zero attached hydrogens (tertiary/aromatic N) is 1. The summed E-state index contributed by atoms with van der Waals surface area (Å²) in [5.41, 5.74) is 0.793. The molecule has 0 aromatic heterocycles. The predicted molar refractivity (Wildman–Crippen MR) is 88.1 cm³/mol. The summed E-state index contributed by atoms with van der Waals surface area (Å²) in [6.07, 6.45) is -0.0713. The van der Waals surface area contributed by atoms with Gasteiger partial charge in [0.05, 0.1) is 18.5 Å². The van der Waals surface area contributed by atoms with Crippen LogP contribution in [0.2, 0.25) is 0 Å². The molecular weight excluding hydrogens is 300 g/mol. The van der Waals surface area contributed by atoms with Gasteiger partial charge in [-0.1, -0.05) is 44.2 Å². The van der Waals surface area contributed by atoms with Crippen molar-refractivity contribution in [1.82, 2.24) is 9.62 Å². The molecule has 0 radical (unpaired) electrons. The monoisotopic (exact) mass is 326 g/mol. The first-order chi connectivity index (χ1) is 10.4. The van der Waals surface area contributed by atoms with Gasteiger partial charge in [-0.2, -0.15) is 0 Å². The van der Waals surface area contributed by atoms with Gasteiger partial charge in [-0.15, -0.1) is 0 Å². The SMILES string of the molecule is CC(C)CN1CCOC(CNS(=O)(=O)Cc2ccccc2)C1. The number of morpholine rings is 1. The highest BCUT2D eigenvalue weighted by Gasteiger charge is 2.22. The van der Waals surface area contributed by atoms with Crippen molar-refractivity contribution >= 4 is 10.0 Å². The van der Waals surface area contributed by atoms with Crippen LogP contribution in [0.1, 0.15) is 19.4 Å². The number of sulfonamides is 1. The molecule has 0 aliphatic carbocycles. The standard InChI is InChI=1S/C16H26N2O3S/c1-14(2)11-18-8-9-21-16(12-18)10-17-22(19,20)13-15-6-4-3-5-7-15/h3-7,14,16-17H,8-13H2,1-2H3. The lowest BCUT2D eigenvalue weighted by Gasteiger charge is -2.33. The number of benzene rings is 1. The van der Waals surface area contributed by atoms with Gasteiger partial charge in [0.25, 0.3) is 0 Å². The fraction of sp³-hybridized carbons (Fsp3) is 0.625. The van der Waals surface area contributed by atoms with E-state index < -0.39 is 10.0 Å². The molecule has 1 atom stereocenters. The summed E-state index contributed by atoms with van der Waals surface area (Å²) in [5.74, 6) is 0.615. The van der Waals surface area contributed by atoms with Gasteiger partial charge in [0.1, 0.15) is 0 Å². The first-order valence-corrected chi connectivity index (χ1v) is 9.45. The molecule has 1 unspecified atom stereocenters. The molecule has 22 heavy (non-hydrogen) atoms. The van der Waals surface area contributed by atoms with Crippen molar-refractivity contribution in [3.05, 3.63) is 35.9 Å². The molecule has 2 rings (SSSR count). The highest BCUT2D eigenvalue weighted by molar-refractivity contribution is 7.88. The molecule has 1 N–H and O–H groups in total. The Hall–Kier alpha value is -0.950. The van der Waals surface area contributed by atoms with Crippen LogP contribution in [0.3, 0.4) is 0 Å². The third kappa shape index (κ3) is 6.04. The second kappa shape index (κ2) is 8.06. The summed E-state index contributed by atoms with van der Waals surface area (Å²) in [5, 5.41) is 0. The first kappa shape index (κ1) is 17.4. The molecule has 1 aromatic rings. The highest BCUT2D eigenvalue weighted by atomic mass is 32.2. The Balaban J connectivity index is 1.81. The van der Waals surface area contributed by atoms with Crippen LogP contribution in [0, 0.1) is 5.92 Å². The Kier molecular flexibility index (Phi) is 6.37. The summed E-state index contributed by atoms with van der Waals surface area (Å²) in [6.45, 7) is 8.11. The van der Waals surface area contributed by atoms with Crippen LogP contribution in [0.5, 0.6) is 0 Å². The van der Waals surface area contributed by atoms with Gasteiger partial charge in [0.15, 0.2) is 0 Å². The molecule has 0 amide bonds. The lowest BCUT2D eigenvalue weighted by atomic mass is 10.2. The van der Waals surface area contributed by atoms with E-state index in [1.807, 2.05) is 30.3 Å². The van der Waals surface area contributed by atoms with Gasteiger partial charge in [0, 0.05) is 26.2 Å². The molecule has 5 nitrogen and oxygen atoms in total. The quantitative estimate of drug-likeness (QED) is 0.824. The van der Waals surface area contributed by atoms with Crippen molar-refractivity contribution < 1.29 is 13.2 Å². The van der Waals surface area contributed by atoms with E-state index in [2.05, 4.69) is 23.5 Å². The Morgan fingerprint density at radius 1 is 1.32 bits per heavy atom. The van der Waals surface area contributed by atoms with E-state index in [1.54, 1.807) is 0 Å². The minimum Gasteiger partial charge on any atom is -0.374 e. The first-order valence-electron chi connectivity index (χ1n) is 7.80. The number of nitrogens with one attached hydrogen (secondary N) is 1. The van der Waals surface area contributed by atoms with Crippen LogP contribution < -0.4 is 4.72 Å². The molecular formula is C16H26N2O3S. The molecule has 1 aliphatic heterocycles. The van der Waals surface area contributed by atoms with Gasteiger partial charge < -0.3 is 4.74 Å².